The van der Waals surface area contributed by atoms with Crippen LogP contribution in [0.3, 0.4) is 0 Å². The zero-order chi connectivity index (χ0) is 21.5. The zero-order valence-electron chi connectivity index (χ0n) is 19.1. The van der Waals surface area contributed by atoms with Gasteiger partial charge in [0.25, 0.3) is 0 Å². The highest BCUT2D eigenvalue weighted by Gasteiger charge is 2.20. The van der Waals surface area contributed by atoms with E-state index in [-0.39, 0.29) is 5.91 Å². The van der Waals surface area contributed by atoms with Crippen LogP contribution < -0.4 is 10.6 Å². The molecule has 0 spiro atoms. The van der Waals surface area contributed by atoms with Gasteiger partial charge in [-0.15, -0.1) is 0 Å². The molecule has 5 nitrogen and oxygen atoms in total. The normalized spacial score (nSPS) is 17.0. The topological polar surface area (TPSA) is 57.3 Å². The first-order chi connectivity index (χ1) is 15.3. The molecule has 2 aromatic rings. The molecular weight excluding hydrogens is 384 g/mol. The lowest BCUT2D eigenvalue weighted by Gasteiger charge is -2.33. The molecular formula is C26H38N4O. The number of hydrogen-bond acceptors (Lipinski definition) is 4. The Labute approximate surface area is 187 Å². The van der Waals surface area contributed by atoms with Gasteiger partial charge in [0.1, 0.15) is 0 Å². The van der Waals surface area contributed by atoms with Crippen LogP contribution in [0, 0.1) is 0 Å². The number of nitrogens with one attached hydrogen (secondary N) is 2. The monoisotopic (exact) mass is 422 g/mol. The van der Waals surface area contributed by atoms with E-state index in [4.69, 9.17) is 4.98 Å². The summed E-state index contributed by atoms with van der Waals surface area (Å²) in [6, 6.07) is 9.07. The number of anilines is 1. The van der Waals surface area contributed by atoms with E-state index >= 15 is 0 Å². The Bertz CT molecular complexity index is 875. The fourth-order valence-corrected chi connectivity index (χ4v) is 5.34. The maximum absolute atomic E-state index is 12.4. The van der Waals surface area contributed by atoms with E-state index in [0.717, 1.165) is 38.0 Å². The molecule has 5 heteroatoms. The summed E-state index contributed by atoms with van der Waals surface area (Å²) in [6.45, 7) is 5.53. The smallest absolute Gasteiger partial charge is 0.221 e. The predicted molar refractivity (Wildman–Crippen MR) is 129 cm³/mol. The van der Waals surface area contributed by atoms with Crippen molar-refractivity contribution < 1.29 is 4.79 Å². The molecule has 1 fully saturated rings. The Morgan fingerprint density at radius 3 is 2.71 bits per heavy atom. The lowest BCUT2D eigenvalue weighted by atomic mass is 9.92. The van der Waals surface area contributed by atoms with E-state index < -0.39 is 0 Å². The molecule has 0 radical (unpaired) electrons. The number of carbonyl (C=O) groups excluding carboxylic acids is 1. The van der Waals surface area contributed by atoms with Gasteiger partial charge in [-0.05, 0) is 56.7 Å². The minimum Gasteiger partial charge on any atom is -0.382 e. The summed E-state index contributed by atoms with van der Waals surface area (Å²) >= 11 is 0. The van der Waals surface area contributed by atoms with Crippen LogP contribution in [0.25, 0.3) is 10.9 Å². The summed E-state index contributed by atoms with van der Waals surface area (Å²) in [5, 5.41) is 7.95. The SMILES string of the molecule is CCN(CCC(=O)NCCNc1c2c(nc3ccccc13)CCCC2)C1CCCCC1. The number of aryl methyl sites for hydroxylation is 1. The molecule has 4 rings (SSSR count). The maximum Gasteiger partial charge on any atom is 0.221 e. The van der Waals surface area contributed by atoms with Crippen LogP contribution >= 0.6 is 0 Å². The van der Waals surface area contributed by atoms with Gasteiger partial charge in [0.05, 0.1) is 5.52 Å². The van der Waals surface area contributed by atoms with Crippen LogP contribution in [0.1, 0.15) is 69.5 Å². The predicted octanol–water partition coefficient (Wildman–Crippen LogP) is 4.69. The number of benzene rings is 1. The Morgan fingerprint density at radius 1 is 1.06 bits per heavy atom. The minimum absolute atomic E-state index is 0.165. The Morgan fingerprint density at radius 2 is 1.87 bits per heavy atom. The van der Waals surface area contributed by atoms with Gasteiger partial charge in [-0.1, -0.05) is 44.4 Å². The lowest BCUT2D eigenvalue weighted by molar-refractivity contribution is -0.121. The van der Waals surface area contributed by atoms with Crippen molar-refractivity contribution in [1.82, 2.24) is 15.2 Å². The van der Waals surface area contributed by atoms with Crippen molar-refractivity contribution >= 4 is 22.5 Å². The number of pyridine rings is 1. The van der Waals surface area contributed by atoms with Gasteiger partial charge in [-0.3, -0.25) is 9.78 Å². The highest BCUT2D eigenvalue weighted by molar-refractivity contribution is 5.93. The third-order valence-electron chi connectivity index (χ3n) is 7.04. The largest absolute Gasteiger partial charge is 0.382 e. The molecule has 0 bridgehead atoms. The van der Waals surface area contributed by atoms with Gasteiger partial charge < -0.3 is 15.5 Å². The summed E-state index contributed by atoms with van der Waals surface area (Å²) in [4.78, 5) is 19.8. The number of nitrogens with zero attached hydrogens (tertiary/aromatic N) is 2. The first-order valence-electron chi connectivity index (χ1n) is 12.4. The summed E-state index contributed by atoms with van der Waals surface area (Å²) in [6.07, 6.45) is 11.9. The standard InChI is InChI=1S/C26H38N4O/c1-2-30(20-10-4-3-5-11-20)19-16-25(31)27-17-18-28-26-21-12-6-8-14-23(21)29-24-15-9-7-13-22(24)26/h6,8,12,14,20H,2-5,7,9-11,13,15-19H2,1H3,(H,27,31)(H,28,29). The fraction of sp³-hybridized carbons (Fsp3) is 0.615. The zero-order valence-corrected chi connectivity index (χ0v) is 19.1. The van der Waals surface area contributed by atoms with Crippen LogP contribution in [-0.4, -0.2) is 48.0 Å². The van der Waals surface area contributed by atoms with Crippen molar-refractivity contribution in [3.8, 4) is 0 Å². The Kier molecular flexibility index (Phi) is 7.79. The molecule has 1 amide bonds. The number of rotatable bonds is 9. The third kappa shape index (κ3) is 5.57. The molecule has 2 N–H and O–H groups in total. The van der Waals surface area contributed by atoms with Gasteiger partial charge in [-0.25, -0.2) is 0 Å². The summed E-state index contributed by atoms with van der Waals surface area (Å²) in [5.41, 5.74) is 4.92. The second-order valence-electron chi connectivity index (χ2n) is 9.08. The van der Waals surface area contributed by atoms with E-state index in [1.807, 2.05) is 0 Å². The van der Waals surface area contributed by atoms with Gasteiger partial charge >= 0.3 is 0 Å². The van der Waals surface area contributed by atoms with Crippen LogP contribution in [0.2, 0.25) is 0 Å². The molecule has 2 aliphatic rings. The quantitative estimate of drug-likeness (QED) is 0.576. The van der Waals surface area contributed by atoms with Gasteiger partial charge in [0.2, 0.25) is 5.91 Å². The minimum atomic E-state index is 0.165. The summed E-state index contributed by atoms with van der Waals surface area (Å²) in [5.74, 6) is 0.165. The van der Waals surface area contributed by atoms with Crippen molar-refractivity contribution in [3.05, 3.63) is 35.5 Å². The summed E-state index contributed by atoms with van der Waals surface area (Å²) in [7, 11) is 0. The van der Waals surface area contributed by atoms with Crippen LogP contribution in [0.4, 0.5) is 5.69 Å². The molecule has 0 aliphatic heterocycles. The molecule has 1 aromatic carbocycles. The first-order valence-corrected chi connectivity index (χ1v) is 12.4. The average Bonchev–Trinajstić information content (AvgIpc) is 2.82. The molecule has 0 unspecified atom stereocenters. The Hall–Kier alpha value is -2.14. The molecule has 1 saturated carbocycles. The van der Waals surface area contributed by atoms with E-state index in [1.54, 1.807) is 0 Å². The van der Waals surface area contributed by atoms with Crippen molar-refractivity contribution in [2.45, 2.75) is 77.2 Å². The van der Waals surface area contributed by atoms with E-state index in [2.05, 4.69) is 46.7 Å². The summed E-state index contributed by atoms with van der Waals surface area (Å²) < 4.78 is 0. The van der Waals surface area contributed by atoms with Crippen LogP contribution in [0.15, 0.2) is 24.3 Å². The maximum atomic E-state index is 12.4. The molecule has 0 atom stereocenters. The van der Waals surface area contributed by atoms with E-state index in [9.17, 15) is 4.79 Å². The second kappa shape index (κ2) is 10.9. The fourth-order valence-electron chi connectivity index (χ4n) is 5.34. The number of fused-ring (bicyclic) bond motifs is 2. The second-order valence-corrected chi connectivity index (χ2v) is 9.08. The van der Waals surface area contributed by atoms with Gasteiger partial charge in [0.15, 0.2) is 0 Å². The lowest BCUT2D eigenvalue weighted by Crippen LogP contribution is -2.39. The molecule has 168 valence electrons. The van der Waals surface area contributed by atoms with Crippen LogP contribution in [-0.2, 0) is 17.6 Å². The molecule has 1 heterocycles. The van der Waals surface area contributed by atoms with E-state index in [1.165, 1.54) is 67.3 Å². The number of hydrogen-bond donors (Lipinski definition) is 2. The number of amides is 1. The molecule has 0 saturated heterocycles. The Balaban J connectivity index is 1.28. The van der Waals surface area contributed by atoms with Crippen LogP contribution in [0.5, 0.6) is 0 Å². The number of para-hydroxylation sites is 1. The van der Waals surface area contributed by atoms with Gasteiger partial charge in [0, 0.05) is 48.9 Å². The number of carbonyl (C=O) groups is 1. The number of aromatic nitrogens is 1. The average molecular weight is 423 g/mol. The van der Waals surface area contributed by atoms with Crippen molar-refractivity contribution in [1.29, 1.82) is 0 Å². The molecule has 31 heavy (non-hydrogen) atoms. The highest BCUT2D eigenvalue weighted by atomic mass is 16.1. The molecule has 1 aromatic heterocycles. The van der Waals surface area contributed by atoms with Crippen molar-refractivity contribution in [2.75, 3.05) is 31.5 Å². The van der Waals surface area contributed by atoms with Crippen molar-refractivity contribution in [2.24, 2.45) is 0 Å². The molecule has 2 aliphatic carbocycles. The van der Waals surface area contributed by atoms with Gasteiger partial charge in [-0.2, -0.15) is 0 Å². The van der Waals surface area contributed by atoms with Crippen molar-refractivity contribution in [3.63, 3.8) is 0 Å². The van der Waals surface area contributed by atoms with E-state index in [0.29, 0.717) is 19.0 Å². The highest BCUT2D eigenvalue weighted by Crippen LogP contribution is 2.33. The third-order valence-corrected chi connectivity index (χ3v) is 7.04. The first kappa shape index (κ1) is 22.1.